The Bertz CT molecular complexity index is 902. The number of hydrogen-bond acceptors (Lipinski definition) is 7. The molecule has 4 rings (SSSR count). The fraction of sp³-hybridized carbons (Fsp3) is 0.556. The van der Waals surface area contributed by atoms with Crippen molar-refractivity contribution in [2.45, 2.75) is 18.5 Å². The van der Waals surface area contributed by atoms with E-state index in [9.17, 15) is 18.0 Å². The van der Waals surface area contributed by atoms with E-state index in [1.54, 1.807) is 24.3 Å². The summed E-state index contributed by atoms with van der Waals surface area (Å²) in [6.07, 6.45) is 0.291. The first-order valence-electron chi connectivity index (χ1n) is 9.76. The highest BCUT2D eigenvalue weighted by Gasteiger charge is 2.60. The minimum Gasteiger partial charge on any atom is -0.492 e. The molecule has 2 atom stereocenters. The zero-order valence-corrected chi connectivity index (χ0v) is 17.1. The molecule has 12 heteroatoms. The number of nitrogens with zero attached hydrogens (tertiary/aromatic N) is 3. The third kappa shape index (κ3) is 4.21. The Balaban J connectivity index is 1.26. The molecule has 0 saturated carbocycles. The number of ether oxygens (including phenoxy) is 2. The lowest BCUT2D eigenvalue weighted by Gasteiger charge is -2.42. The van der Waals surface area contributed by atoms with Gasteiger partial charge in [0.1, 0.15) is 18.4 Å². The van der Waals surface area contributed by atoms with Crippen LogP contribution < -0.4 is 10.1 Å². The third-order valence-electron chi connectivity index (χ3n) is 5.53. The fourth-order valence-electron chi connectivity index (χ4n) is 3.99. The molecule has 0 radical (unpaired) electrons. The number of fused-ring (bicyclic) bond motifs is 1. The number of rotatable bonds is 6. The molecule has 3 aliphatic heterocycles. The number of urea groups is 1. The Kier molecular flexibility index (Phi) is 5.82. The third-order valence-corrected chi connectivity index (χ3v) is 6.48. The van der Waals surface area contributed by atoms with Crippen LogP contribution in [0.3, 0.4) is 0 Å². The second-order valence-electron chi connectivity index (χ2n) is 7.36. The molecular weight excluding hydrogens is 416 g/mol. The maximum Gasteiger partial charge on any atom is 0.362 e. The Morgan fingerprint density at radius 1 is 1.20 bits per heavy atom. The summed E-state index contributed by atoms with van der Waals surface area (Å²) in [6.45, 7) is 4.87. The molecule has 0 spiro atoms. The van der Waals surface area contributed by atoms with E-state index < -0.39 is 34.3 Å². The summed E-state index contributed by atoms with van der Waals surface area (Å²) in [5.74, 6) is -0.111. The van der Waals surface area contributed by atoms with Crippen LogP contribution in [0, 0.1) is 0 Å². The van der Waals surface area contributed by atoms with Crippen molar-refractivity contribution in [2.24, 2.45) is 0 Å². The van der Waals surface area contributed by atoms with Gasteiger partial charge in [-0.05, 0) is 30.7 Å². The van der Waals surface area contributed by atoms with E-state index in [2.05, 4.69) is 10.2 Å². The number of benzene rings is 1. The van der Waals surface area contributed by atoms with Crippen molar-refractivity contribution >= 4 is 27.9 Å². The molecule has 2 N–H and O–H groups in total. The van der Waals surface area contributed by atoms with Gasteiger partial charge in [0.2, 0.25) is 0 Å². The predicted octanol–water partition coefficient (Wildman–Crippen LogP) is 0.0174. The second kappa shape index (κ2) is 8.38. The lowest BCUT2D eigenvalue weighted by atomic mass is 10.0. The van der Waals surface area contributed by atoms with E-state index in [0.29, 0.717) is 28.8 Å². The molecule has 0 bridgehead atoms. The van der Waals surface area contributed by atoms with E-state index in [1.807, 2.05) is 0 Å². The van der Waals surface area contributed by atoms with Crippen LogP contribution in [0.4, 0.5) is 10.5 Å². The van der Waals surface area contributed by atoms with Crippen molar-refractivity contribution in [1.29, 1.82) is 0 Å². The van der Waals surface area contributed by atoms with Crippen LogP contribution in [0.2, 0.25) is 0 Å². The largest absolute Gasteiger partial charge is 0.492 e. The van der Waals surface area contributed by atoms with Gasteiger partial charge in [0.15, 0.2) is 0 Å². The Labute approximate surface area is 174 Å². The number of β-lactam (4-membered cyclic amide) rings is 1. The molecule has 3 saturated heterocycles. The first kappa shape index (κ1) is 20.8. The molecule has 1 aromatic rings. The van der Waals surface area contributed by atoms with E-state index in [1.165, 1.54) is 4.90 Å². The van der Waals surface area contributed by atoms with E-state index in [4.69, 9.17) is 14.0 Å². The summed E-state index contributed by atoms with van der Waals surface area (Å²) in [4.78, 5) is 28.1. The fourth-order valence-corrected chi connectivity index (χ4v) is 4.89. The van der Waals surface area contributed by atoms with Gasteiger partial charge in [-0.15, -0.1) is 0 Å². The lowest BCUT2D eigenvalue weighted by Crippen LogP contribution is -2.68. The highest BCUT2D eigenvalue weighted by molar-refractivity contribution is 7.84. The lowest BCUT2D eigenvalue weighted by molar-refractivity contribution is -0.143. The van der Waals surface area contributed by atoms with Crippen LogP contribution in [0.15, 0.2) is 24.3 Å². The molecule has 164 valence electrons. The smallest absolute Gasteiger partial charge is 0.362 e. The van der Waals surface area contributed by atoms with Crippen LogP contribution in [-0.2, 0) is 19.8 Å². The number of anilines is 1. The van der Waals surface area contributed by atoms with Crippen LogP contribution in [0.1, 0.15) is 6.42 Å². The van der Waals surface area contributed by atoms with Gasteiger partial charge in [0, 0.05) is 31.9 Å². The summed E-state index contributed by atoms with van der Waals surface area (Å²) in [6, 6.07) is 4.82. The summed E-state index contributed by atoms with van der Waals surface area (Å²) in [7, 11) is -4.60. The van der Waals surface area contributed by atoms with Crippen LogP contribution >= 0.6 is 0 Å². The second-order valence-corrected chi connectivity index (χ2v) is 8.65. The molecule has 1 aromatic carbocycles. The van der Waals surface area contributed by atoms with Gasteiger partial charge in [-0.25, -0.2) is 9.10 Å². The number of carbonyl (C=O) groups is 2. The van der Waals surface area contributed by atoms with Crippen molar-refractivity contribution in [3.8, 4) is 5.75 Å². The average Bonchev–Trinajstić information content (AvgIpc) is 3.08. The predicted molar refractivity (Wildman–Crippen MR) is 106 cm³/mol. The Morgan fingerprint density at radius 3 is 2.57 bits per heavy atom. The monoisotopic (exact) mass is 440 g/mol. The topological polar surface area (TPSA) is 129 Å². The van der Waals surface area contributed by atoms with Crippen LogP contribution in [0.25, 0.3) is 0 Å². The zero-order chi connectivity index (χ0) is 21.3. The molecule has 11 nitrogen and oxygen atoms in total. The van der Waals surface area contributed by atoms with Crippen LogP contribution in [0.5, 0.6) is 5.75 Å². The molecule has 3 fully saturated rings. The molecular formula is C18H24N4O7S. The van der Waals surface area contributed by atoms with Gasteiger partial charge in [-0.3, -0.25) is 14.2 Å². The Morgan fingerprint density at radius 2 is 1.90 bits per heavy atom. The van der Waals surface area contributed by atoms with Gasteiger partial charge in [0.25, 0.3) is 5.91 Å². The maximum absolute atomic E-state index is 12.5. The zero-order valence-electron chi connectivity index (χ0n) is 16.3. The summed E-state index contributed by atoms with van der Waals surface area (Å²) in [5.41, 5.74) is 0.530. The number of nitrogens with one attached hydrogen (secondary N) is 1. The molecule has 3 aliphatic rings. The molecule has 0 unspecified atom stereocenters. The molecule has 3 heterocycles. The first-order valence-corrected chi connectivity index (χ1v) is 11.2. The summed E-state index contributed by atoms with van der Waals surface area (Å²) >= 11 is 0. The maximum atomic E-state index is 12.5. The van der Waals surface area contributed by atoms with Gasteiger partial charge in [-0.1, -0.05) is 0 Å². The van der Waals surface area contributed by atoms with Gasteiger partial charge in [0.05, 0.1) is 19.3 Å². The highest BCUT2D eigenvalue weighted by atomic mass is 32.2. The number of carbonyl (C=O) groups excluding carboxylic acids is 2. The Hall–Kier alpha value is -2.41. The van der Waals surface area contributed by atoms with Crippen molar-refractivity contribution in [1.82, 2.24) is 14.1 Å². The quantitative estimate of drug-likeness (QED) is 0.468. The first-order chi connectivity index (χ1) is 14.3. The number of hydrogen-bond donors (Lipinski definition) is 2. The van der Waals surface area contributed by atoms with E-state index >= 15 is 0 Å². The summed E-state index contributed by atoms with van der Waals surface area (Å²) in [5, 5.41) is 2.70. The van der Waals surface area contributed by atoms with Crippen molar-refractivity contribution < 1.29 is 32.0 Å². The van der Waals surface area contributed by atoms with Gasteiger partial charge >= 0.3 is 16.3 Å². The van der Waals surface area contributed by atoms with Crippen molar-refractivity contribution in [3.63, 3.8) is 0 Å². The van der Waals surface area contributed by atoms with E-state index in [-0.39, 0.29) is 6.54 Å². The van der Waals surface area contributed by atoms with Crippen molar-refractivity contribution in [2.75, 3.05) is 51.3 Å². The van der Waals surface area contributed by atoms with Crippen molar-refractivity contribution in [3.05, 3.63) is 24.3 Å². The highest BCUT2D eigenvalue weighted by Crippen LogP contribution is 2.35. The molecule has 0 aromatic heterocycles. The molecule has 3 amide bonds. The normalized spacial score (nSPS) is 24.4. The number of morpholine rings is 1. The SMILES string of the molecule is O=C(Nc1ccc(OCCN2CCOCC2)cc1)N1CC[C@@H]2[C@H]1C(=O)N2S(=O)(=O)O. The van der Waals surface area contributed by atoms with Crippen LogP contribution in [-0.4, -0.2) is 97.1 Å². The van der Waals surface area contributed by atoms with E-state index in [0.717, 1.165) is 32.8 Å². The minimum atomic E-state index is -4.60. The molecule has 0 aliphatic carbocycles. The minimum absolute atomic E-state index is 0.224. The van der Waals surface area contributed by atoms with Gasteiger partial charge in [-0.2, -0.15) is 8.42 Å². The van der Waals surface area contributed by atoms with Gasteiger partial charge < -0.3 is 19.7 Å². The summed E-state index contributed by atoms with van der Waals surface area (Å²) < 4.78 is 43.1. The average molecular weight is 440 g/mol. The number of amides is 3. The number of likely N-dealkylation sites (tertiary alicyclic amines) is 1. The molecule has 30 heavy (non-hydrogen) atoms. The standard InChI is InChI=1S/C18H24N4O7S/c23-17-16-15(22(17)30(25,26)27)5-6-21(16)18(24)19-13-1-3-14(4-2-13)29-12-9-20-7-10-28-11-8-20/h1-4,15-16H,5-12H2,(H,19,24)(H,25,26,27)/t15-,16+/m1/s1.